The molecule has 1 heterocycles. The van der Waals surface area contributed by atoms with Crippen LogP contribution < -0.4 is 4.90 Å². The second-order valence-corrected chi connectivity index (χ2v) is 4.55. The van der Waals surface area contributed by atoms with E-state index in [1.54, 1.807) is 6.92 Å². The van der Waals surface area contributed by atoms with Crippen molar-refractivity contribution in [2.24, 2.45) is 0 Å². The molecule has 2 aromatic rings. The van der Waals surface area contributed by atoms with Crippen molar-refractivity contribution < 1.29 is 9.90 Å². The largest absolute Gasteiger partial charge is 0.478 e. The molecule has 0 aliphatic heterocycles. The van der Waals surface area contributed by atoms with Crippen molar-refractivity contribution in [1.82, 2.24) is 9.97 Å². The molecule has 1 N–H and O–H groups in total. The van der Waals surface area contributed by atoms with E-state index in [2.05, 4.69) is 9.97 Å². The van der Waals surface area contributed by atoms with Gasteiger partial charge in [-0.15, -0.1) is 0 Å². The van der Waals surface area contributed by atoms with Crippen LogP contribution in [0.1, 0.15) is 28.5 Å². The van der Waals surface area contributed by atoms with Crippen molar-refractivity contribution in [2.45, 2.75) is 20.8 Å². The Bertz CT molecular complexity index is 624. The molecule has 0 fully saturated rings. The molecule has 0 amide bonds. The third-order valence-corrected chi connectivity index (χ3v) is 3.10. The smallest absolute Gasteiger partial charge is 0.339 e. The second-order valence-electron chi connectivity index (χ2n) is 4.55. The van der Waals surface area contributed by atoms with Crippen molar-refractivity contribution in [3.8, 4) is 0 Å². The molecule has 5 heteroatoms. The minimum Gasteiger partial charge on any atom is -0.478 e. The van der Waals surface area contributed by atoms with Gasteiger partial charge in [0.2, 0.25) is 5.95 Å². The molecule has 0 bridgehead atoms. The number of hydrogen-bond acceptors (Lipinski definition) is 4. The molecule has 2 rings (SSSR count). The molecule has 1 aromatic carbocycles. The number of carbonyl (C=O) groups is 1. The standard InChI is InChI=1S/C15H17N3O2/c1-4-18(12-7-5-10(2)6-8-12)15-16-9-13(14(19)20)11(3)17-15/h5-9H,4H2,1-3H3,(H,19,20). The number of hydrogen-bond donors (Lipinski definition) is 1. The number of aromatic nitrogens is 2. The Morgan fingerprint density at radius 2 is 1.90 bits per heavy atom. The Balaban J connectivity index is 2.39. The van der Waals surface area contributed by atoms with Gasteiger partial charge in [-0.3, -0.25) is 0 Å². The Kier molecular flexibility index (Phi) is 3.98. The highest BCUT2D eigenvalue weighted by atomic mass is 16.4. The van der Waals surface area contributed by atoms with Gasteiger partial charge >= 0.3 is 5.97 Å². The quantitative estimate of drug-likeness (QED) is 0.926. The number of anilines is 2. The summed E-state index contributed by atoms with van der Waals surface area (Å²) in [5.74, 6) is -0.494. The lowest BCUT2D eigenvalue weighted by atomic mass is 10.2. The van der Waals surface area contributed by atoms with E-state index in [1.165, 1.54) is 11.8 Å². The van der Waals surface area contributed by atoms with Crippen LogP contribution in [0.5, 0.6) is 0 Å². The Morgan fingerprint density at radius 1 is 1.25 bits per heavy atom. The van der Waals surface area contributed by atoms with Crippen molar-refractivity contribution in [3.63, 3.8) is 0 Å². The highest BCUT2D eigenvalue weighted by Gasteiger charge is 2.14. The Labute approximate surface area is 117 Å². The summed E-state index contributed by atoms with van der Waals surface area (Å²) in [6, 6.07) is 8.05. The molecule has 0 aliphatic carbocycles. The molecular formula is C15H17N3O2. The van der Waals surface area contributed by atoms with E-state index in [0.717, 1.165) is 5.69 Å². The lowest BCUT2D eigenvalue weighted by Gasteiger charge is -2.21. The maximum absolute atomic E-state index is 11.0. The molecule has 104 valence electrons. The molecule has 0 atom stereocenters. The Hall–Kier alpha value is -2.43. The number of rotatable bonds is 4. The SMILES string of the molecule is CCN(c1ccc(C)cc1)c1ncc(C(=O)O)c(C)n1. The van der Waals surface area contributed by atoms with Gasteiger partial charge in [0.1, 0.15) is 0 Å². The Morgan fingerprint density at radius 3 is 2.40 bits per heavy atom. The normalized spacial score (nSPS) is 10.3. The average molecular weight is 271 g/mol. The first-order valence-corrected chi connectivity index (χ1v) is 6.44. The molecule has 0 radical (unpaired) electrons. The number of nitrogens with zero attached hydrogens (tertiary/aromatic N) is 3. The van der Waals surface area contributed by atoms with Gasteiger partial charge in [-0.1, -0.05) is 17.7 Å². The van der Waals surface area contributed by atoms with Crippen molar-refractivity contribution >= 4 is 17.6 Å². The van der Waals surface area contributed by atoms with Gasteiger partial charge in [0.15, 0.2) is 0 Å². The number of carboxylic acid groups (broad SMARTS) is 1. The van der Waals surface area contributed by atoms with E-state index in [9.17, 15) is 4.79 Å². The highest BCUT2D eigenvalue weighted by Crippen LogP contribution is 2.22. The zero-order valence-corrected chi connectivity index (χ0v) is 11.8. The van der Waals surface area contributed by atoms with E-state index in [4.69, 9.17) is 5.11 Å². The molecule has 20 heavy (non-hydrogen) atoms. The summed E-state index contributed by atoms with van der Waals surface area (Å²) in [5, 5.41) is 9.01. The average Bonchev–Trinajstić information content (AvgIpc) is 2.41. The predicted octanol–water partition coefficient (Wildman–Crippen LogP) is 2.95. The molecule has 0 aliphatic rings. The molecule has 1 aromatic heterocycles. The molecule has 0 unspecified atom stereocenters. The van der Waals surface area contributed by atoms with Crippen molar-refractivity contribution in [2.75, 3.05) is 11.4 Å². The second kappa shape index (κ2) is 5.69. The van der Waals surface area contributed by atoms with Gasteiger partial charge in [-0.25, -0.2) is 14.8 Å². The zero-order valence-electron chi connectivity index (χ0n) is 11.8. The maximum atomic E-state index is 11.0. The van der Waals surface area contributed by atoms with Crippen LogP contribution in [-0.4, -0.2) is 27.6 Å². The van der Waals surface area contributed by atoms with E-state index in [1.807, 2.05) is 43.0 Å². The molecular weight excluding hydrogens is 254 g/mol. The van der Waals surface area contributed by atoms with E-state index in [0.29, 0.717) is 18.2 Å². The minimum absolute atomic E-state index is 0.133. The summed E-state index contributed by atoms with van der Waals surface area (Å²) in [6.45, 7) is 6.42. The predicted molar refractivity (Wildman–Crippen MR) is 77.6 cm³/mol. The van der Waals surface area contributed by atoms with Crippen LogP contribution in [0.2, 0.25) is 0 Å². The fourth-order valence-corrected chi connectivity index (χ4v) is 1.96. The first kappa shape index (κ1) is 14.0. The summed E-state index contributed by atoms with van der Waals surface area (Å²) in [4.78, 5) is 21.4. The van der Waals surface area contributed by atoms with Gasteiger partial charge in [-0.2, -0.15) is 0 Å². The van der Waals surface area contributed by atoms with Crippen LogP contribution in [0.25, 0.3) is 0 Å². The van der Waals surface area contributed by atoms with Crippen LogP contribution in [-0.2, 0) is 0 Å². The van der Waals surface area contributed by atoms with Crippen molar-refractivity contribution in [3.05, 3.63) is 47.3 Å². The van der Waals surface area contributed by atoms with E-state index < -0.39 is 5.97 Å². The summed E-state index contributed by atoms with van der Waals surface area (Å²) >= 11 is 0. The van der Waals surface area contributed by atoms with Gasteiger partial charge in [0, 0.05) is 18.4 Å². The molecule has 0 saturated carbocycles. The summed E-state index contributed by atoms with van der Waals surface area (Å²) in [5.41, 5.74) is 2.77. The van der Waals surface area contributed by atoms with Crippen LogP contribution in [0, 0.1) is 13.8 Å². The van der Waals surface area contributed by atoms with E-state index >= 15 is 0 Å². The number of carboxylic acids is 1. The van der Waals surface area contributed by atoms with Gasteiger partial charge in [-0.05, 0) is 32.9 Å². The van der Waals surface area contributed by atoms with Crippen LogP contribution in [0.3, 0.4) is 0 Å². The summed E-state index contributed by atoms with van der Waals surface area (Å²) in [7, 11) is 0. The number of aromatic carboxylic acids is 1. The van der Waals surface area contributed by atoms with Gasteiger partial charge in [0.25, 0.3) is 0 Å². The fourth-order valence-electron chi connectivity index (χ4n) is 1.96. The fraction of sp³-hybridized carbons (Fsp3) is 0.267. The van der Waals surface area contributed by atoms with Gasteiger partial charge in [0.05, 0.1) is 11.3 Å². The summed E-state index contributed by atoms with van der Waals surface area (Å²) in [6.07, 6.45) is 1.36. The van der Waals surface area contributed by atoms with Gasteiger partial charge < -0.3 is 10.0 Å². The lowest BCUT2D eigenvalue weighted by molar-refractivity contribution is 0.0695. The minimum atomic E-state index is -1.01. The monoisotopic (exact) mass is 271 g/mol. The molecule has 0 saturated heterocycles. The first-order chi connectivity index (χ1) is 9.52. The highest BCUT2D eigenvalue weighted by molar-refractivity contribution is 5.88. The molecule has 0 spiro atoms. The zero-order chi connectivity index (χ0) is 14.7. The number of aryl methyl sites for hydroxylation is 2. The first-order valence-electron chi connectivity index (χ1n) is 6.44. The third kappa shape index (κ3) is 2.77. The van der Waals surface area contributed by atoms with Crippen LogP contribution >= 0.6 is 0 Å². The summed E-state index contributed by atoms with van der Waals surface area (Å²) < 4.78 is 0. The lowest BCUT2D eigenvalue weighted by Crippen LogP contribution is -2.20. The van der Waals surface area contributed by atoms with E-state index in [-0.39, 0.29) is 5.56 Å². The maximum Gasteiger partial charge on any atom is 0.339 e. The van der Waals surface area contributed by atoms with Crippen LogP contribution in [0.15, 0.2) is 30.5 Å². The van der Waals surface area contributed by atoms with Crippen molar-refractivity contribution in [1.29, 1.82) is 0 Å². The molecule has 5 nitrogen and oxygen atoms in total. The topological polar surface area (TPSA) is 66.3 Å². The van der Waals surface area contributed by atoms with Crippen LogP contribution in [0.4, 0.5) is 11.6 Å². The number of benzene rings is 1. The third-order valence-electron chi connectivity index (χ3n) is 3.10.